The zero-order valence-electron chi connectivity index (χ0n) is 27.7. The maximum atomic E-state index is 14.6. The Balaban J connectivity index is 1.83. The Labute approximate surface area is 274 Å². The third-order valence-electron chi connectivity index (χ3n) is 8.25. The van der Waals surface area contributed by atoms with Crippen molar-refractivity contribution in [2.75, 3.05) is 10.8 Å². The Morgan fingerprint density at radius 2 is 1.35 bits per heavy atom. The average molecular weight is 640 g/mol. The molecule has 0 saturated carbocycles. The minimum atomic E-state index is -4.16. The van der Waals surface area contributed by atoms with Crippen molar-refractivity contribution in [2.24, 2.45) is 0 Å². The van der Waals surface area contributed by atoms with Gasteiger partial charge in [0.05, 0.1) is 10.6 Å². The normalized spacial score (nSPS) is 12.7. The predicted octanol–water partition coefficient (Wildman–Crippen LogP) is 6.67. The predicted molar refractivity (Wildman–Crippen MR) is 185 cm³/mol. The number of nitrogens with one attached hydrogen (secondary N) is 1. The fourth-order valence-electron chi connectivity index (χ4n) is 5.32. The van der Waals surface area contributed by atoms with E-state index >= 15 is 0 Å². The van der Waals surface area contributed by atoms with Gasteiger partial charge in [0.25, 0.3) is 10.0 Å². The fourth-order valence-corrected chi connectivity index (χ4v) is 6.80. The lowest BCUT2D eigenvalue weighted by molar-refractivity contribution is -0.140. The highest BCUT2D eigenvalue weighted by molar-refractivity contribution is 7.92. The van der Waals surface area contributed by atoms with Gasteiger partial charge in [-0.1, -0.05) is 102 Å². The van der Waals surface area contributed by atoms with Crippen molar-refractivity contribution in [3.63, 3.8) is 0 Å². The number of amides is 2. The van der Waals surface area contributed by atoms with Gasteiger partial charge in [-0.05, 0) is 75.9 Å². The number of aryl methyl sites for hydroxylation is 4. The molecule has 7 nitrogen and oxygen atoms in total. The molecule has 2 atom stereocenters. The van der Waals surface area contributed by atoms with Crippen molar-refractivity contribution in [1.82, 2.24) is 10.2 Å². The molecule has 4 aromatic carbocycles. The van der Waals surface area contributed by atoms with Crippen molar-refractivity contribution < 1.29 is 18.0 Å². The molecular weight excluding hydrogens is 595 g/mol. The number of nitrogens with zero attached hydrogens (tertiary/aromatic N) is 2. The molecule has 0 aliphatic rings. The van der Waals surface area contributed by atoms with Crippen LogP contribution >= 0.6 is 0 Å². The van der Waals surface area contributed by atoms with E-state index in [9.17, 15) is 18.0 Å². The van der Waals surface area contributed by atoms with Crippen LogP contribution in [0.3, 0.4) is 0 Å². The number of rotatable bonds is 13. The summed E-state index contributed by atoms with van der Waals surface area (Å²) in [5.74, 6) is -0.755. The van der Waals surface area contributed by atoms with E-state index in [1.54, 1.807) is 30.3 Å². The third kappa shape index (κ3) is 8.63. The highest BCUT2D eigenvalue weighted by Gasteiger charge is 2.35. The molecule has 0 aliphatic heterocycles. The molecule has 46 heavy (non-hydrogen) atoms. The first-order chi connectivity index (χ1) is 21.9. The van der Waals surface area contributed by atoms with Crippen LogP contribution in [0.5, 0.6) is 0 Å². The van der Waals surface area contributed by atoms with Gasteiger partial charge in [-0.3, -0.25) is 13.9 Å². The molecule has 0 spiro atoms. The van der Waals surface area contributed by atoms with Gasteiger partial charge in [-0.15, -0.1) is 0 Å². The third-order valence-corrected chi connectivity index (χ3v) is 10.0. The zero-order valence-corrected chi connectivity index (χ0v) is 28.5. The van der Waals surface area contributed by atoms with Gasteiger partial charge in [0.2, 0.25) is 11.8 Å². The lowest BCUT2D eigenvalue weighted by atomic mass is 10.0. The second kappa shape index (κ2) is 15.2. The molecule has 0 bridgehead atoms. The molecule has 0 unspecified atom stereocenters. The standard InChI is InChI=1S/C38H45N3O4S/c1-7-31(6)39-38(43)36(24-32-11-9-8-10-12-32)40(25-33-18-13-27(2)14-19-33)37(42)26-41(35-22-17-29(4)23-30(35)5)46(44,45)34-20-15-28(3)16-21-34/h8-23,31,36H,7,24-26H2,1-6H3,(H,39,43)/t31-,36-/m0/s1. The van der Waals surface area contributed by atoms with Gasteiger partial charge in [0, 0.05) is 19.0 Å². The molecule has 0 aliphatic carbocycles. The second-order valence-electron chi connectivity index (χ2n) is 12.1. The molecule has 4 aromatic rings. The molecule has 242 valence electrons. The van der Waals surface area contributed by atoms with Crippen molar-refractivity contribution in [3.05, 3.63) is 130 Å². The Bertz CT molecular complexity index is 1740. The summed E-state index contributed by atoms with van der Waals surface area (Å²) in [4.78, 5) is 30.2. The molecule has 1 N–H and O–H groups in total. The zero-order chi connectivity index (χ0) is 33.4. The lowest BCUT2D eigenvalue weighted by Gasteiger charge is -2.34. The van der Waals surface area contributed by atoms with Crippen LogP contribution in [-0.4, -0.2) is 43.8 Å². The largest absolute Gasteiger partial charge is 0.352 e. The maximum absolute atomic E-state index is 14.6. The Kier molecular flexibility index (Phi) is 11.4. The number of carbonyl (C=O) groups is 2. The molecule has 8 heteroatoms. The number of hydrogen-bond donors (Lipinski definition) is 1. The van der Waals surface area contributed by atoms with Gasteiger partial charge in [-0.25, -0.2) is 8.42 Å². The number of sulfonamides is 1. The second-order valence-corrected chi connectivity index (χ2v) is 14.0. The topological polar surface area (TPSA) is 86.8 Å². The van der Waals surface area contributed by atoms with Gasteiger partial charge >= 0.3 is 0 Å². The summed E-state index contributed by atoms with van der Waals surface area (Å²) >= 11 is 0. The van der Waals surface area contributed by atoms with E-state index < -0.39 is 28.5 Å². The summed E-state index contributed by atoms with van der Waals surface area (Å²) < 4.78 is 29.8. The smallest absolute Gasteiger partial charge is 0.264 e. The van der Waals surface area contributed by atoms with E-state index in [0.29, 0.717) is 5.69 Å². The number of hydrogen-bond acceptors (Lipinski definition) is 4. The van der Waals surface area contributed by atoms with E-state index in [-0.39, 0.29) is 29.8 Å². The molecule has 0 saturated heterocycles. The quantitative estimate of drug-likeness (QED) is 0.177. The minimum Gasteiger partial charge on any atom is -0.352 e. The van der Waals surface area contributed by atoms with Crippen molar-refractivity contribution in [1.29, 1.82) is 0 Å². The highest BCUT2D eigenvalue weighted by Crippen LogP contribution is 2.29. The number of benzene rings is 4. The Morgan fingerprint density at radius 3 is 1.93 bits per heavy atom. The van der Waals surface area contributed by atoms with E-state index in [1.165, 1.54) is 9.21 Å². The van der Waals surface area contributed by atoms with Crippen LogP contribution in [0.2, 0.25) is 0 Å². The van der Waals surface area contributed by atoms with Crippen molar-refractivity contribution in [3.8, 4) is 0 Å². The number of anilines is 1. The van der Waals surface area contributed by atoms with Crippen LogP contribution in [0.15, 0.2) is 102 Å². The average Bonchev–Trinajstić information content (AvgIpc) is 3.03. The van der Waals surface area contributed by atoms with Crippen LogP contribution < -0.4 is 9.62 Å². The summed E-state index contributed by atoms with van der Waals surface area (Å²) in [6.45, 7) is 11.2. The first kappa shape index (κ1) is 34.4. The van der Waals surface area contributed by atoms with Crippen molar-refractivity contribution in [2.45, 2.75) is 77.9 Å². The lowest BCUT2D eigenvalue weighted by Crippen LogP contribution is -2.54. The SMILES string of the molecule is CC[C@H](C)NC(=O)[C@H](Cc1ccccc1)N(Cc1ccc(C)cc1)C(=O)CN(c1ccc(C)cc1C)S(=O)(=O)c1ccc(C)cc1. The van der Waals surface area contributed by atoms with Crippen molar-refractivity contribution >= 4 is 27.5 Å². The van der Waals surface area contributed by atoms with E-state index in [1.807, 2.05) is 108 Å². The summed E-state index contributed by atoms with van der Waals surface area (Å²) in [5, 5.41) is 3.08. The van der Waals surface area contributed by atoms with E-state index in [4.69, 9.17) is 0 Å². The molecular formula is C38H45N3O4S. The molecule has 4 rings (SSSR count). The van der Waals surface area contributed by atoms with Crippen LogP contribution in [-0.2, 0) is 32.6 Å². The fraction of sp³-hybridized carbons (Fsp3) is 0.316. The summed E-state index contributed by atoms with van der Waals surface area (Å²) in [6, 6.07) is 28.5. The first-order valence-corrected chi connectivity index (χ1v) is 17.2. The summed E-state index contributed by atoms with van der Waals surface area (Å²) in [5.41, 5.74) is 5.85. The van der Waals surface area contributed by atoms with Crippen LogP contribution in [0, 0.1) is 27.7 Å². The van der Waals surface area contributed by atoms with Crippen LogP contribution in [0.4, 0.5) is 5.69 Å². The van der Waals surface area contributed by atoms with Crippen LogP contribution in [0.1, 0.15) is 53.6 Å². The number of carbonyl (C=O) groups excluding carboxylic acids is 2. The molecule has 0 aromatic heterocycles. The molecule has 2 amide bonds. The minimum absolute atomic E-state index is 0.0892. The molecule has 0 heterocycles. The first-order valence-electron chi connectivity index (χ1n) is 15.7. The monoisotopic (exact) mass is 639 g/mol. The Morgan fingerprint density at radius 1 is 0.761 bits per heavy atom. The maximum Gasteiger partial charge on any atom is 0.264 e. The van der Waals surface area contributed by atoms with Gasteiger partial charge in [0.15, 0.2) is 0 Å². The highest BCUT2D eigenvalue weighted by atomic mass is 32.2. The van der Waals surface area contributed by atoms with E-state index in [0.717, 1.165) is 39.8 Å². The van der Waals surface area contributed by atoms with Crippen LogP contribution in [0.25, 0.3) is 0 Å². The van der Waals surface area contributed by atoms with Gasteiger partial charge in [-0.2, -0.15) is 0 Å². The molecule has 0 radical (unpaired) electrons. The summed E-state index contributed by atoms with van der Waals surface area (Å²) in [7, 11) is -4.16. The van der Waals surface area contributed by atoms with Gasteiger partial charge in [0.1, 0.15) is 12.6 Å². The van der Waals surface area contributed by atoms with Gasteiger partial charge < -0.3 is 10.2 Å². The summed E-state index contributed by atoms with van der Waals surface area (Å²) in [6.07, 6.45) is 1.000. The Hall–Kier alpha value is -4.43. The van der Waals surface area contributed by atoms with E-state index in [2.05, 4.69) is 5.32 Å². The molecule has 0 fully saturated rings.